The number of nitrogens with two attached hydrogens (primary N) is 1. The van der Waals surface area contributed by atoms with Gasteiger partial charge in [0, 0.05) is 17.4 Å². The number of hydrogen-bond acceptors (Lipinski definition) is 5. The molecule has 1 amide bonds. The molecule has 1 unspecified atom stereocenters. The fourth-order valence-electron chi connectivity index (χ4n) is 2.84. The number of amides is 1. The molecule has 3 rings (SSSR count). The van der Waals surface area contributed by atoms with Crippen LogP contribution in [-0.2, 0) is 16.5 Å². The van der Waals surface area contributed by atoms with E-state index in [0.29, 0.717) is 12.3 Å². The number of nitrogens with one attached hydrogen (secondary N) is 1. The third-order valence-electron chi connectivity index (χ3n) is 4.21. The van der Waals surface area contributed by atoms with Crippen molar-refractivity contribution in [1.82, 2.24) is 4.98 Å². The maximum atomic E-state index is 14.4. The molecule has 1 atom stereocenters. The third kappa shape index (κ3) is 4.48. The molecule has 3 N–H and O–H groups in total. The minimum atomic E-state index is -4.64. The van der Waals surface area contributed by atoms with Crippen LogP contribution in [-0.4, -0.2) is 29.9 Å². The number of benzene rings is 1. The number of aromatic nitrogens is 1. The quantitative estimate of drug-likeness (QED) is 0.726. The molecule has 6 nitrogen and oxygen atoms in total. The van der Waals surface area contributed by atoms with Crippen LogP contribution in [0.4, 0.5) is 23.2 Å². The SMILES string of the molecule is CC1(c2cc(NC(=O)c3ncc(C(F)(F)F)cc3Cl)ccc2F)COCC(N)=N1. The predicted octanol–water partition coefficient (Wildman–Crippen LogP) is 3.75. The van der Waals surface area contributed by atoms with Crippen LogP contribution in [0.2, 0.25) is 5.02 Å². The molecular weight excluding hydrogens is 416 g/mol. The fraction of sp³-hybridized carbons (Fsp3) is 0.278. The van der Waals surface area contributed by atoms with Crippen LogP contribution >= 0.6 is 11.6 Å². The number of aliphatic imine (C=N–C) groups is 1. The number of carbonyl (C=O) groups is 1. The molecule has 1 aromatic heterocycles. The van der Waals surface area contributed by atoms with E-state index in [-0.39, 0.29) is 30.3 Å². The van der Waals surface area contributed by atoms with Gasteiger partial charge in [-0.05, 0) is 31.2 Å². The Hall–Kier alpha value is -2.72. The molecule has 0 spiro atoms. The largest absolute Gasteiger partial charge is 0.417 e. The first-order valence-electron chi connectivity index (χ1n) is 8.26. The van der Waals surface area contributed by atoms with E-state index in [1.165, 1.54) is 12.1 Å². The lowest BCUT2D eigenvalue weighted by atomic mass is 9.92. The average Bonchev–Trinajstić information content (AvgIpc) is 2.62. The summed E-state index contributed by atoms with van der Waals surface area (Å²) >= 11 is 5.78. The first kappa shape index (κ1) is 21.0. The summed E-state index contributed by atoms with van der Waals surface area (Å²) in [7, 11) is 0. The van der Waals surface area contributed by atoms with Gasteiger partial charge in [-0.3, -0.25) is 9.79 Å². The highest BCUT2D eigenvalue weighted by molar-refractivity contribution is 6.34. The number of rotatable bonds is 3. The third-order valence-corrected chi connectivity index (χ3v) is 4.50. The summed E-state index contributed by atoms with van der Waals surface area (Å²) in [6, 6.07) is 4.36. The summed E-state index contributed by atoms with van der Waals surface area (Å²) in [5.74, 6) is -1.24. The molecule has 0 bridgehead atoms. The molecule has 2 aromatic rings. The van der Waals surface area contributed by atoms with Crippen LogP contribution in [0.25, 0.3) is 0 Å². The second kappa shape index (κ2) is 7.60. The number of carbonyl (C=O) groups excluding carboxylic acids is 1. The van der Waals surface area contributed by atoms with Crippen LogP contribution in [0.3, 0.4) is 0 Å². The normalized spacial score (nSPS) is 19.6. The lowest BCUT2D eigenvalue weighted by Gasteiger charge is -2.30. The van der Waals surface area contributed by atoms with Crippen LogP contribution in [0.5, 0.6) is 0 Å². The second-order valence-corrected chi connectivity index (χ2v) is 6.98. The van der Waals surface area contributed by atoms with Crippen LogP contribution < -0.4 is 11.1 Å². The highest BCUT2D eigenvalue weighted by Gasteiger charge is 2.34. The summed E-state index contributed by atoms with van der Waals surface area (Å²) in [6.45, 7) is 1.83. The highest BCUT2D eigenvalue weighted by Crippen LogP contribution is 2.33. The molecular formula is C18H15ClF4N4O2. The Balaban J connectivity index is 1.88. The Bertz CT molecular complexity index is 996. The van der Waals surface area contributed by atoms with Gasteiger partial charge in [0.2, 0.25) is 0 Å². The van der Waals surface area contributed by atoms with Crippen molar-refractivity contribution in [2.75, 3.05) is 18.5 Å². The molecule has 154 valence electrons. The van der Waals surface area contributed by atoms with Crippen LogP contribution in [0.1, 0.15) is 28.5 Å². The Labute approximate surface area is 167 Å². The molecule has 1 aliphatic heterocycles. The van der Waals surface area contributed by atoms with Gasteiger partial charge < -0.3 is 15.8 Å². The van der Waals surface area contributed by atoms with E-state index in [9.17, 15) is 22.4 Å². The Morgan fingerprint density at radius 3 is 2.69 bits per heavy atom. The Morgan fingerprint density at radius 2 is 2.07 bits per heavy atom. The van der Waals surface area contributed by atoms with Crippen molar-refractivity contribution < 1.29 is 27.1 Å². The van der Waals surface area contributed by atoms with E-state index in [2.05, 4.69) is 15.3 Å². The van der Waals surface area contributed by atoms with Gasteiger partial charge in [0.25, 0.3) is 5.91 Å². The van der Waals surface area contributed by atoms with Gasteiger partial charge in [0.1, 0.15) is 29.5 Å². The number of ether oxygens (including phenoxy) is 1. The monoisotopic (exact) mass is 430 g/mol. The standard InChI is InChI=1S/C18H15ClF4N4O2/c1-17(8-29-7-14(24)27-17)11-5-10(2-3-13(11)20)26-16(28)15-12(19)4-9(6-25-15)18(21,22)23/h2-6H,7-8H2,1H3,(H2,24,27)(H,26,28). The summed E-state index contributed by atoms with van der Waals surface area (Å²) in [5.41, 5.74) is 3.40. The summed E-state index contributed by atoms with van der Waals surface area (Å²) < 4.78 is 57.8. The Kier molecular flexibility index (Phi) is 5.50. The maximum Gasteiger partial charge on any atom is 0.417 e. The summed E-state index contributed by atoms with van der Waals surface area (Å²) in [5, 5.41) is 1.97. The molecule has 0 saturated heterocycles. The van der Waals surface area contributed by atoms with E-state index < -0.39 is 39.7 Å². The molecule has 11 heteroatoms. The first-order chi connectivity index (χ1) is 13.5. The average molecular weight is 431 g/mol. The zero-order valence-electron chi connectivity index (χ0n) is 15.0. The van der Waals surface area contributed by atoms with E-state index in [0.717, 1.165) is 6.07 Å². The molecule has 2 heterocycles. The van der Waals surface area contributed by atoms with Crippen molar-refractivity contribution in [3.05, 3.63) is 58.1 Å². The number of anilines is 1. The molecule has 29 heavy (non-hydrogen) atoms. The topological polar surface area (TPSA) is 89.6 Å². The van der Waals surface area contributed by atoms with Gasteiger partial charge in [-0.2, -0.15) is 13.2 Å². The van der Waals surface area contributed by atoms with Gasteiger partial charge in [-0.1, -0.05) is 11.6 Å². The van der Waals surface area contributed by atoms with Gasteiger partial charge in [0.15, 0.2) is 0 Å². The molecule has 0 fully saturated rings. The zero-order valence-corrected chi connectivity index (χ0v) is 15.7. The number of alkyl halides is 3. The number of amidine groups is 1. The smallest absolute Gasteiger partial charge is 0.386 e. The number of halogens is 5. The summed E-state index contributed by atoms with van der Waals surface area (Å²) in [4.78, 5) is 20.1. The molecule has 0 aliphatic carbocycles. The van der Waals surface area contributed by atoms with E-state index in [1.54, 1.807) is 6.92 Å². The van der Waals surface area contributed by atoms with Gasteiger partial charge in [-0.15, -0.1) is 0 Å². The van der Waals surface area contributed by atoms with Gasteiger partial charge in [0.05, 0.1) is 17.2 Å². The molecule has 0 radical (unpaired) electrons. The van der Waals surface area contributed by atoms with Crippen LogP contribution in [0, 0.1) is 5.82 Å². The van der Waals surface area contributed by atoms with Crippen molar-refractivity contribution in [3.8, 4) is 0 Å². The predicted molar refractivity (Wildman–Crippen MR) is 98.4 cm³/mol. The van der Waals surface area contributed by atoms with Crippen molar-refractivity contribution >= 4 is 29.0 Å². The first-order valence-corrected chi connectivity index (χ1v) is 8.63. The van der Waals surface area contributed by atoms with E-state index in [1.807, 2.05) is 0 Å². The Morgan fingerprint density at radius 1 is 1.34 bits per heavy atom. The summed E-state index contributed by atoms with van der Waals surface area (Å²) in [6.07, 6.45) is -4.13. The van der Waals surface area contributed by atoms with E-state index >= 15 is 0 Å². The number of nitrogens with zero attached hydrogens (tertiary/aromatic N) is 2. The van der Waals surface area contributed by atoms with Crippen molar-refractivity contribution in [2.45, 2.75) is 18.6 Å². The van der Waals surface area contributed by atoms with Crippen LogP contribution in [0.15, 0.2) is 35.5 Å². The minimum Gasteiger partial charge on any atom is -0.386 e. The van der Waals surface area contributed by atoms with Crippen molar-refractivity contribution in [3.63, 3.8) is 0 Å². The van der Waals surface area contributed by atoms with Crippen molar-refractivity contribution in [1.29, 1.82) is 0 Å². The molecule has 1 aromatic carbocycles. The number of pyridine rings is 1. The second-order valence-electron chi connectivity index (χ2n) is 6.57. The van der Waals surface area contributed by atoms with Gasteiger partial charge in [-0.25, -0.2) is 9.37 Å². The van der Waals surface area contributed by atoms with Gasteiger partial charge >= 0.3 is 6.18 Å². The van der Waals surface area contributed by atoms with E-state index in [4.69, 9.17) is 22.1 Å². The lowest BCUT2D eigenvalue weighted by molar-refractivity contribution is -0.137. The lowest BCUT2D eigenvalue weighted by Crippen LogP contribution is -2.38. The molecule has 1 aliphatic rings. The highest BCUT2D eigenvalue weighted by atomic mass is 35.5. The zero-order chi connectivity index (χ0) is 21.4. The number of hydrogen-bond donors (Lipinski definition) is 2. The minimum absolute atomic E-state index is 0.0777. The van der Waals surface area contributed by atoms with Crippen molar-refractivity contribution in [2.24, 2.45) is 10.7 Å². The fourth-order valence-corrected chi connectivity index (χ4v) is 3.09. The maximum absolute atomic E-state index is 14.4. The molecule has 0 saturated carbocycles.